The highest BCUT2D eigenvalue weighted by Crippen LogP contribution is 2.50. The lowest BCUT2D eigenvalue weighted by molar-refractivity contribution is -0.0574. The second-order valence-corrected chi connectivity index (χ2v) is 10.1. The number of hydrogen-bond acceptors (Lipinski definition) is 4. The van der Waals surface area contributed by atoms with Gasteiger partial charge in [0.05, 0.1) is 6.10 Å². The summed E-state index contributed by atoms with van der Waals surface area (Å²) in [5.41, 5.74) is 2.55. The van der Waals surface area contributed by atoms with Gasteiger partial charge < -0.3 is 15.0 Å². The molecule has 1 aliphatic carbocycles. The highest BCUT2D eigenvalue weighted by Gasteiger charge is 2.47. The van der Waals surface area contributed by atoms with Crippen molar-refractivity contribution >= 4 is 5.78 Å². The largest absolute Gasteiger partial charge is 0.490 e. The van der Waals surface area contributed by atoms with Gasteiger partial charge in [0, 0.05) is 12.1 Å². The lowest BCUT2D eigenvalue weighted by Crippen LogP contribution is -2.51. The summed E-state index contributed by atoms with van der Waals surface area (Å²) < 4.78 is 6.35. The maximum atomic E-state index is 11.9. The Morgan fingerprint density at radius 1 is 1.20 bits per heavy atom. The Kier molecular flexibility index (Phi) is 7.15. The predicted octanol–water partition coefficient (Wildman–Crippen LogP) is 4.85. The van der Waals surface area contributed by atoms with E-state index in [0.29, 0.717) is 11.5 Å². The third-order valence-electron chi connectivity index (χ3n) is 7.77. The molecule has 3 aliphatic rings. The molecule has 1 aromatic carbocycles. The van der Waals surface area contributed by atoms with E-state index in [1.54, 1.807) is 6.92 Å². The molecule has 2 heterocycles. The van der Waals surface area contributed by atoms with E-state index in [2.05, 4.69) is 23.2 Å². The summed E-state index contributed by atoms with van der Waals surface area (Å²) in [6.45, 7) is 10.1. The smallest absolute Gasteiger partial charge is 0.160 e. The van der Waals surface area contributed by atoms with E-state index < -0.39 is 0 Å². The monoisotopic (exact) mass is 412 g/mol. The van der Waals surface area contributed by atoms with E-state index >= 15 is 0 Å². The third-order valence-corrected chi connectivity index (χ3v) is 7.77. The van der Waals surface area contributed by atoms with Gasteiger partial charge in [-0.1, -0.05) is 13.3 Å². The van der Waals surface area contributed by atoms with Crippen molar-refractivity contribution in [1.29, 1.82) is 0 Å². The van der Waals surface area contributed by atoms with Crippen molar-refractivity contribution in [2.45, 2.75) is 77.7 Å². The highest BCUT2D eigenvalue weighted by atomic mass is 16.5. The first-order valence-corrected chi connectivity index (χ1v) is 12.3. The average Bonchev–Trinajstić information content (AvgIpc) is 2.73. The first-order valence-electron chi connectivity index (χ1n) is 12.3. The zero-order valence-electron chi connectivity index (χ0n) is 19.0. The molecule has 4 nitrogen and oxygen atoms in total. The summed E-state index contributed by atoms with van der Waals surface area (Å²) in [5, 5.41) is 3.48. The van der Waals surface area contributed by atoms with Crippen LogP contribution in [0.15, 0.2) is 18.2 Å². The number of unbranched alkanes of at least 4 members (excludes halogenated alkanes) is 1. The van der Waals surface area contributed by atoms with Crippen molar-refractivity contribution in [2.24, 2.45) is 11.3 Å². The van der Waals surface area contributed by atoms with Crippen LogP contribution in [0.25, 0.3) is 0 Å². The predicted molar refractivity (Wildman–Crippen MR) is 122 cm³/mol. The lowest BCUT2D eigenvalue weighted by atomic mass is 9.61. The first-order chi connectivity index (χ1) is 14.6. The number of carbonyl (C=O) groups excluding carboxylic acids is 1. The summed E-state index contributed by atoms with van der Waals surface area (Å²) in [7, 11) is 0. The number of carbonyl (C=O) groups is 1. The Hall–Kier alpha value is -1.39. The molecule has 0 bridgehead atoms. The van der Waals surface area contributed by atoms with Crippen molar-refractivity contribution in [1.82, 2.24) is 10.2 Å². The number of benzene rings is 1. The number of nitrogens with one attached hydrogen (secondary N) is 1. The van der Waals surface area contributed by atoms with E-state index in [4.69, 9.17) is 4.74 Å². The molecule has 4 rings (SSSR count). The lowest BCUT2D eigenvalue weighted by Gasteiger charge is -2.52. The molecule has 0 aromatic heterocycles. The molecule has 1 aromatic rings. The summed E-state index contributed by atoms with van der Waals surface area (Å²) in [6, 6.07) is 6.09. The van der Waals surface area contributed by atoms with Crippen LogP contribution in [0.4, 0.5) is 0 Å². The molecule has 0 radical (unpaired) electrons. The van der Waals surface area contributed by atoms with Gasteiger partial charge in [-0.05, 0) is 120 Å². The molecule has 1 saturated carbocycles. The molecular formula is C26H40N2O2. The fourth-order valence-corrected chi connectivity index (χ4v) is 5.79. The van der Waals surface area contributed by atoms with Gasteiger partial charge in [0.15, 0.2) is 5.78 Å². The second kappa shape index (κ2) is 9.82. The number of nitrogens with zero attached hydrogens (tertiary/aromatic N) is 1. The van der Waals surface area contributed by atoms with Crippen LogP contribution in [0.5, 0.6) is 5.75 Å². The van der Waals surface area contributed by atoms with Gasteiger partial charge in [0.1, 0.15) is 5.75 Å². The normalized spacial score (nSPS) is 22.7. The number of Topliss-reactive ketones (excluding diaryl/α,β-unsaturated/α-hetero) is 1. The van der Waals surface area contributed by atoms with Crippen molar-refractivity contribution in [3.05, 3.63) is 29.3 Å². The molecule has 1 spiro atoms. The fraction of sp³-hybridized carbons (Fsp3) is 0.731. The Morgan fingerprint density at radius 2 is 1.93 bits per heavy atom. The van der Waals surface area contributed by atoms with Crippen LogP contribution >= 0.6 is 0 Å². The van der Waals surface area contributed by atoms with Gasteiger partial charge in [-0.2, -0.15) is 0 Å². The maximum absolute atomic E-state index is 11.9. The number of ether oxygens (including phenoxy) is 1. The number of ketones is 1. The maximum Gasteiger partial charge on any atom is 0.160 e. The summed E-state index contributed by atoms with van der Waals surface area (Å²) in [6.07, 6.45) is 11.3. The Balaban J connectivity index is 1.25. The Labute approximate surface area is 182 Å². The van der Waals surface area contributed by atoms with Gasteiger partial charge in [-0.15, -0.1) is 0 Å². The molecule has 0 unspecified atom stereocenters. The topological polar surface area (TPSA) is 41.6 Å². The van der Waals surface area contributed by atoms with Gasteiger partial charge in [-0.25, -0.2) is 0 Å². The average molecular weight is 413 g/mol. The van der Waals surface area contributed by atoms with Gasteiger partial charge in [-0.3, -0.25) is 4.79 Å². The standard InChI is InChI=1S/C26H40N2O2/c1-3-4-5-22-16-23(6-7-25(22)20(2)29)30-24-17-26(18-24)10-14-28(15-11-26)19-21-8-12-27-13-9-21/h6-7,16,21,24,27H,3-5,8-15,17-19H2,1-2H3. The zero-order valence-corrected chi connectivity index (χ0v) is 19.0. The van der Waals surface area contributed by atoms with E-state index in [1.165, 1.54) is 71.2 Å². The molecule has 1 N–H and O–H groups in total. The van der Waals surface area contributed by atoms with Crippen LogP contribution in [0, 0.1) is 11.3 Å². The fourth-order valence-electron chi connectivity index (χ4n) is 5.79. The molecule has 2 aliphatic heterocycles. The minimum Gasteiger partial charge on any atom is -0.490 e. The Bertz CT molecular complexity index is 710. The van der Waals surface area contributed by atoms with Crippen LogP contribution in [-0.4, -0.2) is 49.5 Å². The molecule has 0 atom stereocenters. The number of aryl methyl sites for hydroxylation is 1. The molecule has 3 fully saturated rings. The molecule has 30 heavy (non-hydrogen) atoms. The number of rotatable bonds is 8. The van der Waals surface area contributed by atoms with E-state index in [0.717, 1.165) is 42.1 Å². The third kappa shape index (κ3) is 5.26. The first kappa shape index (κ1) is 21.8. The SMILES string of the molecule is CCCCc1cc(OC2CC3(CCN(CC4CCNCC4)CC3)C2)ccc1C(C)=O. The number of piperidine rings is 2. The highest BCUT2D eigenvalue weighted by molar-refractivity contribution is 5.95. The molecule has 166 valence electrons. The Morgan fingerprint density at radius 3 is 2.60 bits per heavy atom. The minimum absolute atomic E-state index is 0.159. The van der Waals surface area contributed by atoms with Crippen LogP contribution in [0.1, 0.15) is 81.1 Å². The summed E-state index contributed by atoms with van der Waals surface area (Å²) in [4.78, 5) is 14.7. The zero-order chi connectivity index (χ0) is 21.0. The van der Waals surface area contributed by atoms with Crippen LogP contribution in [0.2, 0.25) is 0 Å². The quantitative estimate of drug-likeness (QED) is 0.620. The minimum atomic E-state index is 0.159. The summed E-state index contributed by atoms with van der Waals surface area (Å²) in [5.74, 6) is 2.01. The molecular weight excluding hydrogens is 372 g/mol. The van der Waals surface area contributed by atoms with Crippen molar-refractivity contribution in [2.75, 3.05) is 32.7 Å². The number of hydrogen-bond donors (Lipinski definition) is 1. The second-order valence-electron chi connectivity index (χ2n) is 10.1. The van der Waals surface area contributed by atoms with Crippen molar-refractivity contribution in [3.8, 4) is 5.75 Å². The molecule has 0 amide bonds. The van der Waals surface area contributed by atoms with Crippen LogP contribution in [0.3, 0.4) is 0 Å². The molecule has 2 saturated heterocycles. The van der Waals surface area contributed by atoms with Gasteiger partial charge >= 0.3 is 0 Å². The van der Waals surface area contributed by atoms with Crippen LogP contribution < -0.4 is 10.1 Å². The molecule has 4 heteroatoms. The van der Waals surface area contributed by atoms with Crippen molar-refractivity contribution < 1.29 is 9.53 Å². The van der Waals surface area contributed by atoms with Gasteiger partial charge in [0.25, 0.3) is 0 Å². The van der Waals surface area contributed by atoms with Crippen LogP contribution in [-0.2, 0) is 6.42 Å². The van der Waals surface area contributed by atoms with E-state index in [1.807, 2.05) is 12.1 Å². The summed E-state index contributed by atoms with van der Waals surface area (Å²) >= 11 is 0. The van der Waals surface area contributed by atoms with E-state index in [-0.39, 0.29) is 5.78 Å². The number of likely N-dealkylation sites (tertiary alicyclic amines) is 1. The van der Waals surface area contributed by atoms with Gasteiger partial charge in [0.2, 0.25) is 0 Å². The van der Waals surface area contributed by atoms with E-state index in [9.17, 15) is 4.79 Å². The van der Waals surface area contributed by atoms with Crippen molar-refractivity contribution in [3.63, 3.8) is 0 Å².